The Morgan fingerprint density at radius 1 is 1.17 bits per heavy atom. The summed E-state index contributed by atoms with van der Waals surface area (Å²) in [5.74, 6) is 3.69. The molecule has 1 aliphatic carbocycles. The molecule has 0 spiro atoms. The van der Waals surface area contributed by atoms with Crippen LogP contribution >= 0.6 is 0 Å². The topological polar surface area (TPSA) is 58.6 Å². The molecule has 1 saturated heterocycles. The Morgan fingerprint density at radius 3 is 2.53 bits per heavy atom. The van der Waals surface area contributed by atoms with Crippen molar-refractivity contribution in [2.45, 2.75) is 46.0 Å². The molecule has 4 rings (SSSR count). The molecule has 2 heterocycles. The highest BCUT2D eigenvalue weighted by atomic mass is 16.5. The molecule has 0 unspecified atom stereocenters. The summed E-state index contributed by atoms with van der Waals surface area (Å²) in [5, 5.41) is 0. The van der Waals surface area contributed by atoms with E-state index in [2.05, 4.69) is 24.0 Å². The highest BCUT2D eigenvalue weighted by molar-refractivity contribution is 5.78. The van der Waals surface area contributed by atoms with Crippen molar-refractivity contribution in [2.75, 3.05) is 38.2 Å². The van der Waals surface area contributed by atoms with E-state index >= 15 is 0 Å². The van der Waals surface area contributed by atoms with E-state index in [0.717, 1.165) is 55.7 Å². The second-order valence-electron chi connectivity index (χ2n) is 8.74. The summed E-state index contributed by atoms with van der Waals surface area (Å²) < 4.78 is 5.40. The molecule has 0 radical (unpaired) electrons. The lowest BCUT2D eigenvalue weighted by molar-refractivity contribution is -0.134. The van der Waals surface area contributed by atoms with Crippen molar-refractivity contribution in [3.8, 4) is 5.75 Å². The van der Waals surface area contributed by atoms with E-state index < -0.39 is 0 Å². The summed E-state index contributed by atoms with van der Waals surface area (Å²) in [5.41, 5.74) is 3.43. The van der Waals surface area contributed by atoms with E-state index in [1.165, 1.54) is 24.0 Å². The van der Waals surface area contributed by atoms with Gasteiger partial charge in [0.15, 0.2) is 0 Å². The van der Waals surface area contributed by atoms with Crippen LogP contribution in [0.3, 0.4) is 0 Å². The molecule has 1 saturated carbocycles. The Kier molecular flexibility index (Phi) is 5.93. The lowest BCUT2D eigenvalue weighted by atomic mass is 10.0. The fourth-order valence-corrected chi connectivity index (χ4v) is 4.09. The van der Waals surface area contributed by atoms with Crippen LogP contribution < -0.4 is 9.64 Å². The number of ether oxygens (including phenoxy) is 1. The van der Waals surface area contributed by atoms with Crippen LogP contribution in [-0.4, -0.2) is 54.1 Å². The highest BCUT2D eigenvalue weighted by Gasteiger charge is 2.30. The number of carbonyl (C=O) groups is 1. The largest absolute Gasteiger partial charge is 0.497 e. The quantitative estimate of drug-likeness (QED) is 0.731. The molecule has 2 aliphatic rings. The normalized spacial score (nSPS) is 16.8. The van der Waals surface area contributed by atoms with Gasteiger partial charge in [-0.1, -0.05) is 26.0 Å². The van der Waals surface area contributed by atoms with Gasteiger partial charge in [0.05, 0.1) is 7.11 Å². The van der Waals surface area contributed by atoms with Gasteiger partial charge in [0.25, 0.3) is 0 Å². The predicted octanol–water partition coefficient (Wildman–Crippen LogP) is 3.57. The van der Waals surface area contributed by atoms with Crippen LogP contribution in [0.25, 0.3) is 0 Å². The van der Waals surface area contributed by atoms with Gasteiger partial charge in [-0.2, -0.15) is 0 Å². The standard InChI is InChI=1S/C24H32N4O2/c1-16(2)24(29)28-12-10-27(11-13-28)23-21(15-18-6-5-7-20(14-18)30-4)17(3)25-22(26-23)19-8-9-19/h5-7,14,16,19H,8-13,15H2,1-4H3. The second-order valence-corrected chi connectivity index (χ2v) is 8.74. The van der Waals surface area contributed by atoms with Crippen molar-refractivity contribution >= 4 is 11.7 Å². The lowest BCUT2D eigenvalue weighted by Gasteiger charge is -2.37. The summed E-state index contributed by atoms with van der Waals surface area (Å²) in [6, 6.07) is 8.20. The molecule has 2 aromatic rings. The molecule has 6 heteroatoms. The van der Waals surface area contributed by atoms with Gasteiger partial charge in [-0.3, -0.25) is 4.79 Å². The van der Waals surface area contributed by atoms with E-state index in [4.69, 9.17) is 14.7 Å². The predicted molar refractivity (Wildman–Crippen MR) is 118 cm³/mol. The van der Waals surface area contributed by atoms with Crippen molar-refractivity contribution in [2.24, 2.45) is 5.92 Å². The van der Waals surface area contributed by atoms with Crippen molar-refractivity contribution in [1.82, 2.24) is 14.9 Å². The van der Waals surface area contributed by atoms with Crippen molar-refractivity contribution in [3.05, 3.63) is 46.9 Å². The highest BCUT2D eigenvalue weighted by Crippen LogP contribution is 2.39. The fraction of sp³-hybridized carbons (Fsp3) is 0.542. The number of aromatic nitrogens is 2. The van der Waals surface area contributed by atoms with Gasteiger partial charge >= 0.3 is 0 Å². The number of amides is 1. The molecule has 30 heavy (non-hydrogen) atoms. The Hall–Kier alpha value is -2.63. The van der Waals surface area contributed by atoms with Crippen LogP contribution in [0.1, 0.15) is 55.3 Å². The third kappa shape index (κ3) is 4.42. The zero-order valence-corrected chi connectivity index (χ0v) is 18.5. The second kappa shape index (κ2) is 8.62. The molecule has 0 bridgehead atoms. The van der Waals surface area contributed by atoms with Gasteiger partial charge in [-0.05, 0) is 37.5 Å². The van der Waals surface area contributed by atoms with Gasteiger partial charge in [0.2, 0.25) is 5.91 Å². The van der Waals surface area contributed by atoms with Crippen molar-refractivity contribution in [3.63, 3.8) is 0 Å². The van der Waals surface area contributed by atoms with Gasteiger partial charge in [0.1, 0.15) is 17.4 Å². The van der Waals surface area contributed by atoms with Crippen LogP contribution in [0.2, 0.25) is 0 Å². The molecule has 6 nitrogen and oxygen atoms in total. The van der Waals surface area contributed by atoms with Crippen molar-refractivity contribution in [1.29, 1.82) is 0 Å². The van der Waals surface area contributed by atoms with Crippen LogP contribution in [0.4, 0.5) is 5.82 Å². The number of carbonyl (C=O) groups excluding carboxylic acids is 1. The van der Waals surface area contributed by atoms with E-state index in [-0.39, 0.29) is 11.8 Å². The first-order valence-corrected chi connectivity index (χ1v) is 11.0. The van der Waals surface area contributed by atoms with Gasteiger partial charge < -0.3 is 14.5 Å². The monoisotopic (exact) mass is 408 g/mol. The zero-order valence-electron chi connectivity index (χ0n) is 18.5. The Balaban J connectivity index is 1.61. The van der Waals surface area contributed by atoms with Crippen LogP contribution in [0.15, 0.2) is 24.3 Å². The molecule has 1 aliphatic heterocycles. The molecule has 160 valence electrons. The average Bonchev–Trinajstić information content (AvgIpc) is 3.60. The number of rotatable bonds is 6. The maximum atomic E-state index is 12.4. The Morgan fingerprint density at radius 2 is 1.90 bits per heavy atom. The SMILES string of the molecule is COc1cccc(Cc2c(C)nc(C3CC3)nc2N2CCN(C(=O)C(C)C)CC2)c1. The smallest absolute Gasteiger partial charge is 0.225 e. The van der Waals surface area contributed by atoms with Crippen LogP contribution in [0, 0.1) is 12.8 Å². The van der Waals surface area contributed by atoms with Crippen molar-refractivity contribution < 1.29 is 9.53 Å². The van der Waals surface area contributed by atoms with E-state index in [1.807, 2.05) is 30.9 Å². The summed E-state index contributed by atoms with van der Waals surface area (Å²) in [6.45, 7) is 9.15. The minimum atomic E-state index is 0.0444. The van der Waals surface area contributed by atoms with Gasteiger partial charge in [0, 0.05) is 55.7 Å². The van der Waals surface area contributed by atoms with Crippen LogP contribution in [-0.2, 0) is 11.2 Å². The summed E-state index contributed by atoms with van der Waals surface area (Å²) in [6.07, 6.45) is 3.14. The molecular formula is C24H32N4O2. The third-order valence-electron chi connectivity index (χ3n) is 6.05. The number of hydrogen-bond acceptors (Lipinski definition) is 5. The van der Waals surface area contributed by atoms with Gasteiger partial charge in [-0.15, -0.1) is 0 Å². The average molecular weight is 409 g/mol. The minimum absolute atomic E-state index is 0.0444. The fourth-order valence-electron chi connectivity index (χ4n) is 4.09. The number of nitrogens with zero attached hydrogens (tertiary/aromatic N) is 4. The number of piperazine rings is 1. The van der Waals surface area contributed by atoms with E-state index in [1.54, 1.807) is 7.11 Å². The number of aryl methyl sites for hydroxylation is 1. The first kappa shape index (κ1) is 20.6. The summed E-state index contributed by atoms with van der Waals surface area (Å²) >= 11 is 0. The summed E-state index contributed by atoms with van der Waals surface area (Å²) in [7, 11) is 1.70. The molecular weight excluding hydrogens is 376 g/mol. The minimum Gasteiger partial charge on any atom is -0.497 e. The van der Waals surface area contributed by atoms with Crippen LogP contribution in [0.5, 0.6) is 5.75 Å². The molecule has 0 atom stereocenters. The lowest BCUT2D eigenvalue weighted by Crippen LogP contribution is -2.50. The third-order valence-corrected chi connectivity index (χ3v) is 6.05. The number of methoxy groups -OCH3 is 1. The molecule has 0 N–H and O–H groups in total. The molecule has 1 aromatic carbocycles. The molecule has 2 fully saturated rings. The van der Waals surface area contributed by atoms with E-state index in [9.17, 15) is 4.79 Å². The first-order valence-electron chi connectivity index (χ1n) is 11.0. The molecule has 1 amide bonds. The Bertz CT molecular complexity index is 915. The zero-order chi connectivity index (χ0) is 21.3. The number of anilines is 1. The maximum Gasteiger partial charge on any atom is 0.225 e. The number of hydrogen-bond donors (Lipinski definition) is 0. The summed E-state index contributed by atoms with van der Waals surface area (Å²) in [4.78, 5) is 26.6. The van der Waals surface area contributed by atoms with Gasteiger partial charge in [-0.25, -0.2) is 9.97 Å². The maximum absolute atomic E-state index is 12.4. The van der Waals surface area contributed by atoms with E-state index in [0.29, 0.717) is 5.92 Å². The molecule has 1 aromatic heterocycles. The Labute approximate surface area is 179 Å². The first-order chi connectivity index (χ1) is 14.5. The number of benzene rings is 1.